The van der Waals surface area contributed by atoms with Crippen molar-refractivity contribution >= 4 is 23.2 Å². The van der Waals surface area contributed by atoms with Crippen molar-refractivity contribution in [3.63, 3.8) is 0 Å². The molecule has 1 aliphatic rings. The summed E-state index contributed by atoms with van der Waals surface area (Å²) in [4.78, 5) is 27.2. The number of carbonyl (C=O) groups excluding carboxylic acids is 1. The maximum atomic E-state index is 12.3. The topological polar surface area (TPSA) is 57.6 Å². The molecular weight excluding hydrogens is 274 g/mol. The van der Waals surface area contributed by atoms with Crippen LogP contribution in [-0.4, -0.2) is 35.0 Å². The summed E-state index contributed by atoms with van der Waals surface area (Å²) in [6.07, 6.45) is 2.32. The molecule has 0 atom stereocenters. The molecular formula is C15H21NO3S. The van der Waals surface area contributed by atoms with Crippen molar-refractivity contribution in [2.75, 3.05) is 13.1 Å². The quantitative estimate of drug-likeness (QED) is 0.929. The highest BCUT2D eigenvalue weighted by atomic mass is 32.1. The Morgan fingerprint density at radius 2 is 2.00 bits per heavy atom. The molecule has 2 rings (SSSR count). The highest BCUT2D eigenvalue weighted by Crippen LogP contribution is 2.24. The smallest absolute Gasteiger partial charge is 0.303 e. The molecule has 0 spiro atoms. The number of amides is 1. The number of carboxylic acid groups (broad SMARTS) is 1. The minimum Gasteiger partial charge on any atom is -0.481 e. The van der Waals surface area contributed by atoms with Crippen LogP contribution >= 0.6 is 11.3 Å². The van der Waals surface area contributed by atoms with Crippen molar-refractivity contribution in [2.24, 2.45) is 5.92 Å². The van der Waals surface area contributed by atoms with E-state index in [0.29, 0.717) is 19.5 Å². The van der Waals surface area contributed by atoms with Gasteiger partial charge < -0.3 is 10.0 Å². The van der Waals surface area contributed by atoms with Gasteiger partial charge >= 0.3 is 5.97 Å². The van der Waals surface area contributed by atoms with E-state index in [0.717, 1.165) is 17.7 Å². The SMILES string of the molecule is Cc1cc(C)c(CC(=O)N2CCC(CC(=O)O)CC2)s1. The Bertz CT molecular complexity index is 501. The van der Waals surface area contributed by atoms with E-state index in [-0.39, 0.29) is 18.2 Å². The van der Waals surface area contributed by atoms with Crippen LogP contribution in [0.3, 0.4) is 0 Å². The van der Waals surface area contributed by atoms with E-state index in [2.05, 4.69) is 13.0 Å². The standard InChI is InChI=1S/C15H21NO3S/c1-10-7-11(2)20-13(10)9-14(17)16-5-3-12(4-6-16)8-15(18)19/h7,12H,3-6,8-9H2,1-2H3,(H,18,19). The minimum absolute atomic E-state index is 0.170. The summed E-state index contributed by atoms with van der Waals surface area (Å²) in [6, 6.07) is 2.12. The summed E-state index contributed by atoms with van der Waals surface area (Å²) in [5.74, 6) is -0.342. The highest BCUT2D eigenvalue weighted by molar-refractivity contribution is 7.12. The zero-order valence-electron chi connectivity index (χ0n) is 12.0. The second-order valence-corrected chi connectivity index (χ2v) is 6.90. The molecule has 0 aliphatic carbocycles. The van der Waals surface area contributed by atoms with E-state index in [1.54, 1.807) is 11.3 Å². The second-order valence-electron chi connectivity index (χ2n) is 5.56. The summed E-state index contributed by atoms with van der Waals surface area (Å²) in [5.41, 5.74) is 1.20. The molecule has 1 amide bonds. The van der Waals surface area contributed by atoms with Crippen LogP contribution in [0.25, 0.3) is 0 Å². The van der Waals surface area contributed by atoms with Crippen LogP contribution in [-0.2, 0) is 16.0 Å². The van der Waals surface area contributed by atoms with Crippen molar-refractivity contribution in [1.82, 2.24) is 4.90 Å². The number of piperidine rings is 1. The first kappa shape index (κ1) is 15.0. The Hall–Kier alpha value is -1.36. The molecule has 20 heavy (non-hydrogen) atoms. The number of hydrogen-bond acceptors (Lipinski definition) is 3. The average molecular weight is 295 g/mol. The van der Waals surface area contributed by atoms with Gasteiger partial charge in [0.1, 0.15) is 0 Å². The second kappa shape index (κ2) is 6.39. The van der Waals surface area contributed by atoms with Gasteiger partial charge in [0.25, 0.3) is 0 Å². The van der Waals surface area contributed by atoms with Gasteiger partial charge in [-0.25, -0.2) is 0 Å². The van der Waals surface area contributed by atoms with Gasteiger partial charge in [-0.2, -0.15) is 0 Å². The Balaban J connectivity index is 1.86. The molecule has 0 radical (unpaired) electrons. The van der Waals surface area contributed by atoms with Crippen LogP contribution in [0.1, 0.15) is 34.6 Å². The van der Waals surface area contributed by atoms with Gasteiger partial charge in [-0.05, 0) is 44.2 Å². The first-order chi connectivity index (χ1) is 9.45. The van der Waals surface area contributed by atoms with E-state index < -0.39 is 5.97 Å². The van der Waals surface area contributed by atoms with Crippen molar-refractivity contribution in [3.8, 4) is 0 Å². The number of aliphatic carboxylic acids is 1. The molecule has 1 aromatic heterocycles. The van der Waals surface area contributed by atoms with Crippen molar-refractivity contribution in [3.05, 3.63) is 21.4 Å². The summed E-state index contributed by atoms with van der Waals surface area (Å²) >= 11 is 1.69. The lowest BCUT2D eigenvalue weighted by Gasteiger charge is -2.31. The Morgan fingerprint density at radius 3 is 2.50 bits per heavy atom. The molecule has 1 fully saturated rings. The van der Waals surface area contributed by atoms with Gasteiger partial charge in [-0.3, -0.25) is 9.59 Å². The van der Waals surface area contributed by atoms with Crippen molar-refractivity contribution < 1.29 is 14.7 Å². The fourth-order valence-electron chi connectivity index (χ4n) is 2.75. The van der Waals surface area contributed by atoms with E-state index in [9.17, 15) is 9.59 Å². The lowest BCUT2D eigenvalue weighted by Crippen LogP contribution is -2.39. The lowest BCUT2D eigenvalue weighted by molar-refractivity contribution is -0.138. The van der Waals surface area contributed by atoms with Gasteiger partial charge in [0.15, 0.2) is 0 Å². The first-order valence-electron chi connectivity index (χ1n) is 7.01. The zero-order valence-corrected chi connectivity index (χ0v) is 12.8. The lowest BCUT2D eigenvalue weighted by atomic mass is 9.93. The molecule has 5 heteroatoms. The largest absolute Gasteiger partial charge is 0.481 e. The summed E-state index contributed by atoms with van der Waals surface area (Å²) in [5, 5.41) is 8.79. The Morgan fingerprint density at radius 1 is 1.35 bits per heavy atom. The maximum absolute atomic E-state index is 12.3. The van der Waals surface area contributed by atoms with Gasteiger partial charge in [0.2, 0.25) is 5.91 Å². The van der Waals surface area contributed by atoms with Crippen LogP contribution in [0, 0.1) is 19.8 Å². The number of carbonyl (C=O) groups is 2. The van der Waals surface area contributed by atoms with Crippen LogP contribution in [0.4, 0.5) is 0 Å². The number of aryl methyl sites for hydroxylation is 2. The normalized spacial score (nSPS) is 16.4. The van der Waals surface area contributed by atoms with Gasteiger partial charge in [-0.15, -0.1) is 11.3 Å². The fraction of sp³-hybridized carbons (Fsp3) is 0.600. The van der Waals surface area contributed by atoms with Gasteiger partial charge in [0, 0.05) is 29.3 Å². The molecule has 110 valence electrons. The molecule has 0 saturated carbocycles. The fourth-order valence-corrected chi connectivity index (χ4v) is 3.79. The molecule has 1 saturated heterocycles. The first-order valence-corrected chi connectivity index (χ1v) is 7.83. The van der Waals surface area contributed by atoms with Crippen LogP contribution in [0.5, 0.6) is 0 Å². The monoisotopic (exact) mass is 295 g/mol. The predicted octanol–water partition coefficient (Wildman–Crippen LogP) is 2.62. The molecule has 1 aromatic rings. The number of rotatable bonds is 4. The molecule has 2 heterocycles. The number of likely N-dealkylation sites (tertiary alicyclic amines) is 1. The molecule has 0 aromatic carbocycles. The molecule has 0 bridgehead atoms. The molecule has 0 unspecified atom stereocenters. The maximum Gasteiger partial charge on any atom is 0.303 e. The summed E-state index contributed by atoms with van der Waals surface area (Å²) < 4.78 is 0. The van der Waals surface area contributed by atoms with Crippen molar-refractivity contribution in [1.29, 1.82) is 0 Å². The van der Waals surface area contributed by atoms with E-state index in [4.69, 9.17) is 5.11 Å². The number of carboxylic acids is 1. The van der Waals surface area contributed by atoms with Gasteiger partial charge in [-0.1, -0.05) is 0 Å². The summed E-state index contributed by atoms with van der Waals surface area (Å²) in [7, 11) is 0. The average Bonchev–Trinajstić information content (AvgIpc) is 2.68. The molecule has 1 N–H and O–H groups in total. The van der Waals surface area contributed by atoms with Crippen molar-refractivity contribution in [2.45, 2.75) is 39.5 Å². The van der Waals surface area contributed by atoms with E-state index in [1.807, 2.05) is 11.8 Å². The third-order valence-corrected chi connectivity index (χ3v) is 5.04. The number of thiophene rings is 1. The van der Waals surface area contributed by atoms with Crippen LogP contribution in [0.2, 0.25) is 0 Å². The predicted molar refractivity (Wildman–Crippen MR) is 79.1 cm³/mol. The highest BCUT2D eigenvalue weighted by Gasteiger charge is 2.24. The van der Waals surface area contributed by atoms with Gasteiger partial charge in [0.05, 0.1) is 6.42 Å². The van der Waals surface area contributed by atoms with Crippen LogP contribution in [0.15, 0.2) is 6.07 Å². The molecule has 4 nitrogen and oxygen atoms in total. The minimum atomic E-state index is -0.737. The third-order valence-electron chi connectivity index (χ3n) is 3.89. The van der Waals surface area contributed by atoms with E-state index in [1.165, 1.54) is 10.4 Å². The third kappa shape index (κ3) is 3.82. The van der Waals surface area contributed by atoms with E-state index >= 15 is 0 Å². The molecule has 1 aliphatic heterocycles. The summed E-state index contributed by atoms with van der Waals surface area (Å²) in [6.45, 7) is 5.49. The number of hydrogen-bond donors (Lipinski definition) is 1. The van der Waals surface area contributed by atoms with Crippen LogP contribution < -0.4 is 0 Å². The Labute approximate surface area is 123 Å². The zero-order chi connectivity index (χ0) is 14.7. The Kier molecular flexibility index (Phi) is 4.81. The number of nitrogens with zero attached hydrogens (tertiary/aromatic N) is 1.